The predicted octanol–water partition coefficient (Wildman–Crippen LogP) is 3.87. The summed E-state index contributed by atoms with van der Waals surface area (Å²) in [5.41, 5.74) is 5.10. The van der Waals surface area contributed by atoms with Gasteiger partial charge in [0.05, 0.1) is 13.2 Å². The molecule has 38 heavy (non-hydrogen) atoms. The molecule has 2 fully saturated rings. The highest BCUT2D eigenvalue weighted by Crippen LogP contribution is 2.32. The number of ether oxygens (including phenoxy) is 2. The Bertz CT molecular complexity index is 1370. The van der Waals surface area contributed by atoms with Crippen LogP contribution in [0.15, 0.2) is 65.1 Å². The van der Waals surface area contributed by atoms with E-state index in [0.717, 1.165) is 62.6 Å². The predicted molar refractivity (Wildman–Crippen MR) is 145 cm³/mol. The molecule has 3 aromatic rings. The Labute approximate surface area is 226 Å². The van der Waals surface area contributed by atoms with E-state index in [9.17, 15) is 13.2 Å². The first-order chi connectivity index (χ1) is 18.5. The van der Waals surface area contributed by atoms with Crippen LogP contribution in [0.2, 0.25) is 0 Å². The fourth-order valence-electron chi connectivity index (χ4n) is 4.33. The van der Waals surface area contributed by atoms with Crippen molar-refractivity contribution in [3.8, 4) is 10.4 Å². The zero-order valence-corrected chi connectivity index (χ0v) is 22.6. The fourth-order valence-corrected chi connectivity index (χ4v) is 6.94. The SMILES string of the molecule is O=C(C=Cc1ccn(S(=O)(=O)c2ccc(-c3cccc(CN4CCOCC4)c3)s2)c1)NOC1CCCCO1. The number of nitrogens with zero attached hydrogens (tertiary/aromatic N) is 2. The van der Waals surface area contributed by atoms with Crippen molar-refractivity contribution in [2.45, 2.75) is 36.3 Å². The lowest BCUT2D eigenvalue weighted by atomic mass is 10.1. The second-order valence-corrected chi connectivity index (χ2v) is 12.4. The van der Waals surface area contributed by atoms with Gasteiger partial charge >= 0.3 is 0 Å². The van der Waals surface area contributed by atoms with Crippen LogP contribution in [-0.4, -0.2) is 62.4 Å². The fraction of sp³-hybridized carbons (Fsp3) is 0.370. The summed E-state index contributed by atoms with van der Waals surface area (Å²) in [6.07, 6.45) is 8.06. The number of carbonyl (C=O) groups is 1. The van der Waals surface area contributed by atoms with Gasteiger partial charge < -0.3 is 9.47 Å². The first-order valence-electron chi connectivity index (χ1n) is 12.7. The third-order valence-corrected chi connectivity index (χ3v) is 9.62. The van der Waals surface area contributed by atoms with Gasteiger partial charge in [-0.1, -0.05) is 18.2 Å². The molecule has 2 aromatic heterocycles. The molecule has 0 aliphatic carbocycles. The van der Waals surface area contributed by atoms with E-state index in [-0.39, 0.29) is 4.21 Å². The van der Waals surface area contributed by atoms with Gasteiger partial charge in [0.25, 0.3) is 15.9 Å². The van der Waals surface area contributed by atoms with Crippen molar-refractivity contribution < 1.29 is 27.5 Å². The number of morpholine rings is 1. The molecule has 0 bridgehead atoms. The normalized spacial score (nSPS) is 19.1. The second kappa shape index (κ2) is 12.4. The first kappa shape index (κ1) is 26.8. The molecule has 1 atom stereocenters. The molecule has 2 saturated heterocycles. The van der Waals surface area contributed by atoms with Gasteiger partial charge in [-0.05, 0) is 59.9 Å². The standard InChI is InChI=1S/C27H31N3O6S2/c31-25(28-36-26-6-1-2-15-35-26)9-7-21-11-12-30(20-21)38(32,33)27-10-8-24(37-27)23-5-3-4-22(18-23)19-29-13-16-34-17-14-29/h3-5,7-12,18,20,26H,1-2,6,13-17,19H2,(H,28,31). The topological polar surface area (TPSA) is 99.1 Å². The van der Waals surface area contributed by atoms with E-state index in [1.165, 1.54) is 45.4 Å². The lowest BCUT2D eigenvalue weighted by molar-refractivity contribution is -0.198. The van der Waals surface area contributed by atoms with Crippen LogP contribution in [0.1, 0.15) is 30.4 Å². The van der Waals surface area contributed by atoms with Crippen LogP contribution in [0.4, 0.5) is 0 Å². The molecule has 5 rings (SSSR count). The zero-order valence-electron chi connectivity index (χ0n) is 21.0. The Hall–Kier alpha value is -2.80. The van der Waals surface area contributed by atoms with Gasteiger partial charge in [-0.15, -0.1) is 11.3 Å². The van der Waals surface area contributed by atoms with Crippen molar-refractivity contribution in [2.75, 3.05) is 32.9 Å². The van der Waals surface area contributed by atoms with E-state index in [1.807, 2.05) is 18.2 Å². The number of hydroxylamine groups is 1. The molecular weight excluding hydrogens is 526 g/mol. The second-order valence-electron chi connectivity index (χ2n) is 9.20. The minimum absolute atomic E-state index is 0.246. The maximum Gasteiger partial charge on any atom is 0.277 e. The molecule has 11 heteroatoms. The lowest BCUT2D eigenvalue weighted by Crippen LogP contribution is -2.35. The van der Waals surface area contributed by atoms with E-state index >= 15 is 0 Å². The molecule has 1 aromatic carbocycles. The molecule has 0 spiro atoms. The van der Waals surface area contributed by atoms with Gasteiger partial charge in [-0.3, -0.25) is 9.69 Å². The van der Waals surface area contributed by atoms with Crippen molar-refractivity contribution in [2.24, 2.45) is 0 Å². The highest BCUT2D eigenvalue weighted by molar-refractivity contribution is 7.92. The lowest BCUT2D eigenvalue weighted by Gasteiger charge is -2.26. The number of thiophene rings is 1. The summed E-state index contributed by atoms with van der Waals surface area (Å²) >= 11 is 1.24. The van der Waals surface area contributed by atoms with E-state index in [0.29, 0.717) is 12.2 Å². The Kier molecular flexibility index (Phi) is 8.72. The monoisotopic (exact) mass is 557 g/mol. The molecular formula is C27H31N3O6S2. The number of amides is 1. The summed E-state index contributed by atoms with van der Waals surface area (Å²) in [5.74, 6) is -0.450. The summed E-state index contributed by atoms with van der Waals surface area (Å²) in [7, 11) is -3.76. The summed E-state index contributed by atoms with van der Waals surface area (Å²) in [6, 6.07) is 13.3. The van der Waals surface area contributed by atoms with Crippen molar-refractivity contribution in [1.82, 2.24) is 14.4 Å². The van der Waals surface area contributed by atoms with Gasteiger partial charge in [0, 0.05) is 56.0 Å². The minimum atomic E-state index is -3.76. The van der Waals surface area contributed by atoms with E-state index in [4.69, 9.17) is 14.3 Å². The number of hydrogen-bond acceptors (Lipinski definition) is 8. The first-order valence-corrected chi connectivity index (χ1v) is 14.9. The van der Waals surface area contributed by atoms with Gasteiger partial charge in [0.1, 0.15) is 4.21 Å². The van der Waals surface area contributed by atoms with E-state index in [2.05, 4.69) is 22.5 Å². The third kappa shape index (κ3) is 6.79. The quantitative estimate of drug-likeness (QED) is 0.315. The highest BCUT2D eigenvalue weighted by atomic mass is 32.2. The van der Waals surface area contributed by atoms with Crippen molar-refractivity contribution in [3.05, 3.63) is 72.1 Å². The smallest absolute Gasteiger partial charge is 0.277 e. The summed E-state index contributed by atoms with van der Waals surface area (Å²) < 4.78 is 38.8. The molecule has 0 saturated carbocycles. The minimum Gasteiger partial charge on any atom is -0.379 e. The van der Waals surface area contributed by atoms with Crippen molar-refractivity contribution in [1.29, 1.82) is 0 Å². The number of aromatic nitrogens is 1. The Morgan fingerprint density at radius 1 is 1.13 bits per heavy atom. The van der Waals surface area contributed by atoms with Gasteiger partial charge in [-0.25, -0.2) is 14.3 Å². The largest absolute Gasteiger partial charge is 0.379 e. The molecule has 1 amide bonds. The molecule has 1 unspecified atom stereocenters. The van der Waals surface area contributed by atoms with E-state index in [1.54, 1.807) is 12.1 Å². The van der Waals surface area contributed by atoms with Crippen LogP contribution in [0.5, 0.6) is 0 Å². The number of rotatable bonds is 9. The van der Waals surface area contributed by atoms with Crippen LogP contribution >= 0.6 is 11.3 Å². The van der Waals surface area contributed by atoms with Crippen LogP contribution in [-0.2, 0) is 35.7 Å². The molecule has 2 aliphatic heterocycles. The van der Waals surface area contributed by atoms with Gasteiger partial charge in [0.15, 0.2) is 6.29 Å². The molecule has 4 heterocycles. The van der Waals surface area contributed by atoms with Gasteiger partial charge in [-0.2, -0.15) is 8.42 Å². The maximum absolute atomic E-state index is 13.3. The Morgan fingerprint density at radius 3 is 2.82 bits per heavy atom. The van der Waals surface area contributed by atoms with Crippen LogP contribution in [0.3, 0.4) is 0 Å². The molecule has 0 radical (unpaired) electrons. The summed E-state index contributed by atoms with van der Waals surface area (Å²) in [4.78, 5) is 20.5. The average Bonchev–Trinajstić information content (AvgIpc) is 3.64. The third-order valence-electron chi connectivity index (χ3n) is 6.38. The molecule has 202 valence electrons. The Morgan fingerprint density at radius 2 is 2.00 bits per heavy atom. The molecule has 2 aliphatic rings. The highest BCUT2D eigenvalue weighted by Gasteiger charge is 2.20. The van der Waals surface area contributed by atoms with Crippen LogP contribution < -0.4 is 5.48 Å². The van der Waals surface area contributed by atoms with Crippen LogP contribution in [0, 0.1) is 0 Å². The number of hydrogen-bond donors (Lipinski definition) is 1. The molecule has 9 nitrogen and oxygen atoms in total. The zero-order chi connectivity index (χ0) is 26.4. The average molecular weight is 558 g/mol. The van der Waals surface area contributed by atoms with Crippen LogP contribution in [0.25, 0.3) is 16.5 Å². The molecule has 1 N–H and O–H groups in total. The van der Waals surface area contributed by atoms with Gasteiger partial charge in [0.2, 0.25) is 0 Å². The van der Waals surface area contributed by atoms with Crippen molar-refractivity contribution in [3.63, 3.8) is 0 Å². The van der Waals surface area contributed by atoms with Crippen molar-refractivity contribution >= 4 is 33.3 Å². The van der Waals surface area contributed by atoms with E-state index < -0.39 is 22.2 Å². The number of benzene rings is 1. The Balaban J connectivity index is 1.22. The number of nitrogens with one attached hydrogen (secondary N) is 1. The summed E-state index contributed by atoms with van der Waals surface area (Å²) in [6.45, 7) is 4.78. The summed E-state index contributed by atoms with van der Waals surface area (Å²) in [5, 5.41) is 0. The number of carbonyl (C=O) groups excluding carboxylic acids is 1. The maximum atomic E-state index is 13.3.